The zero-order valence-corrected chi connectivity index (χ0v) is 11.6. The number of aryl methyl sites for hydroxylation is 1. The van der Waals surface area contributed by atoms with Crippen LogP contribution in [0, 0.1) is 6.92 Å². The van der Waals surface area contributed by atoms with Crippen LogP contribution in [0.5, 0.6) is 0 Å². The van der Waals surface area contributed by atoms with Crippen molar-refractivity contribution in [1.29, 1.82) is 0 Å². The lowest BCUT2D eigenvalue weighted by atomic mass is 10.1. The van der Waals surface area contributed by atoms with Crippen molar-refractivity contribution in [1.82, 2.24) is 0 Å². The van der Waals surface area contributed by atoms with Crippen LogP contribution in [0.3, 0.4) is 0 Å². The number of hydrogen-bond acceptors (Lipinski definition) is 4. The number of thioether (sulfide) groups is 1. The minimum atomic E-state index is 0.180. The molecule has 1 heterocycles. The average molecular weight is 265 g/mol. The molecule has 2 rings (SSSR count). The first kappa shape index (κ1) is 13.1. The summed E-state index contributed by atoms with van der Waals surface area (Å²) < 4.78 is 0. The summed E-state index contributed by atoms with van der Waals surface area (Å²) in [5, 5.41) is 12.6. The quantitative estimate of drug-likeness (QED) is 0.372. The molecule has 1 aromatic rings. The van der Waals surface area contributed by atoms with Gasteiger partial charge in [-0.1, -0.05) is 23.7 Å². The second-order valence-electron chi connectivity index (χ2n) is 4.63. The fourth-order valence-electron chi connectivity index (χ4n) is 2.22. The summed E-state index contributed by atoms with van der Waals surface area (Å²) >= 11 is 1.99. The van der Waals surface area contributed by atoms with Gasteiger partial charge >= 0.3 is 0 Å². The van der Waals surface area contributed by atoms with Crippen LogP contribution in [0.25, 0.3) is 0 Å². The summed E-state index contributed by atoms with van der Waals surface area (Å²) in [5.74, 6) is 1.30. The van der Waals surface area contributed by atoms with E-state index < -0.39 is 0 Å². The van der Waals surface area contributed by atoms with Gasteiger partial charge in [0.05, 0.1) is 0 Å². The molecule has 0 spiro atoms. The Morgan fingerprint density at radius 3 is 3.00 bits per heavy atom. The van der Waals surface area contributed by atoms with Gasteiger partial charge in [-0.05, 0) is 19.1 Å². The first-order valence-electron chi connectivity index (χ1n) is 6.07. The van der Waals surface area contributed by atoms with E-state index in [1.165, 1.54) is 0 Å². The molecule has 1 fully saturated rings. The van der Waals surface area contributed by atoms with Crippen LogP contribution in [0.4, 0.5) is 5.69 Å². The van der Waals surface area contributed by atoms with E-state index in [4.69, 9.17) is 10.9 Å². The second kappa shape index (κ2) is 5.52. The smallest absolute Gasteiger partial charge is 0.172 e. The molecule has 1 unspecified atom stereocenters. The van der Waals surface area contributed by atoms with Crippen molar-refractivity contribution in [2.75, 3.05) is 23.7 Å². The van der Waals surface area contributed by atoms with Gasteiger partial charge in [-0.3, -0.25) is 0 Å². The molecule has 98 valence electrons. The maximum absolute atomic E-state index is 8.89. The molecule has 0 radical (unpaired) electrons. The summed E-state index contributed by atoms with van der Waals surface area (Å²) in [6.07, 6.45) is 0. The molecule has 1 atom stereocenters. The molecular weight excluding hydrogens is 246 g/mol. The maximum atomic E-state index is 8.89. The third-order valence-corrected chi connectivity index (χ3v) is 4.25. The van der Waals surface area contributed by atoms with E-state index in [1.54, 1.807) is 0 Å². The summed E-state index contributed by atoms with van der Waals surface area (Å²) in [6.45, 7) is 6.24. The highest BCUT2D eigenvalue weighted by atomic mass is 32.2. The normalized spacial score (nSPS) is 21.1. The highest BCUT2D eigenvalue weighted by Crippen LogP contribution is 2.27. The highest BCUT2D eigenvalue weighted by molar-refractivity contribution is 8.00. The van der Waals surface area contributed by atoms with Gasteiger partial charge in [0.25, 0.3) is 0 Å². The van der Waals surface area contributed by atoms with Gasteiger partial charge in [0.15, 0.2) is 5.84 Å². The topological polar surface area (TPSA) is 61.8 Å². The first-order valence-corrected chi connectivity index (χ1v) is 7.12. The number of nitrogens with zero attached hydrogens (tertiary/aromatic N) is 2. The maximum Gasteiger partial charge on any atom is 0.172 e. The van der Waals surface area contributed by atoms with Crippen molar-refractivity contribution in [3.63, 3.8) is 0 Å². The molecule has 0 saturated carbocycles. The Hall–Kier alpha value is -1.36. The van der Waals surface area contributed by atoms with Gasteiger partial charge in [0.1, 0.15) is 0 Å². The Kier molecular flexibility index (Phi) is 4.01. The average Bonchev–Trinajstić information content (AvgIpc) is 2.37. The largest absolute Gasteiger partial charge is 0.409 e. The second-order valence-corrected chi connectivity index (χ2v) is 6.18. The molecule has 5 heteroatoms. The molecule has 4 nitrogen and oxygen atoms in total. The fourth-order valence-corrected chi connectivity index (χ4v) is 3.24. The molecule has 18 heavy (non-hydrogen) atoms. The van der Waals surface area contributed by atoms with Gasteiger partial charge in [-0.2, -0.15) is 11.8 Å². The van der Waals surface area contributed by atoms with Gasteiger partial charge in [-0.15, -0.1) is 0 Å². The number of benzene rings is 1. The minimum absolute atomic E-state index is 0.180. The Bertz CT molecular complexity index is 462. The van der Waals surface area contributed by atoms with Gasteiger partial charge < -0.3 is 15.8 Å². The number of anilines is 1. The van der Waals surface area contributed by atoms with E-state index in [0.29, 0.717) is 5.25 Å². The van der Waals surface area contributed by atoms with Crippen LogP contribution < -0.4 is 10.6 Å². The van der Waals surface area contributed by atoms with Crippen molar-refractivity contribution in [2.24, 2.45) is 10.9 Å². The van der Waals surface area contributed by atoms with Crippen LogP contribution in [0.15, 0.2) is 23.4 Å². The lowest BCUT2D eigenvalue weighted by molar-refractivity contribution is 0.318. The molecular formula is C13H19N3OS. The van der Waals surface area contributed by atoms with Crippen molar-refractivity contribution in [3.05, 3.63) is 29.3 Å². The molecule has 0 aromatic heterocycles. The number of oxime groups is 1. The van der Waals surface area contributed by atoms with Crippen molar-refractivity contribution in [2.45, 2.75) is 19.1 Å². The lowest BCUT2D eigenvalue weighted by Gasteiger charge is -2.33. The highest BCUT2D eigenvalue weighted by Gasteiger charge is 2.20. The zero-order valence-electron chi connectivity index (χ0n) is 10.8. The molecule has 3 N–H and O–H groups in total. The SMILES string of the molecule is Cc1ccc(N2CCSC(C)C2)c(/C(N)=N/O)c1. The molecule has 1 aliphatic heterocycles. The molecule has 0 amide bonds. The van der Waals surface area contributed by atoms with E-state index in [1.807, 2.05) is 24.8 Å². The van der Waals surface area contributed by atoms with E-state index in [-0.39, 0.29) is 5.84 Å². The van der Waals surface area contributed by atoms with E-state index in [0.717, 1.165) is 35.7 Å². The van der Waals surface area contributed by atoms with Crippen LogP contribution in [0.1, 0.15) is 18.1 Å². The standard InChI is InChI=1S/C13H19N3OS/c1-9-3-4-12(11(7-9)13(14)15-17)16-5-6-18-10(2)8-16/h3-4,7,10,17H,5-6,8H2,1-2H3,(H2,14,15). The minimum Gasteiger partial charge on any atom is -0.409 e. The Balaban J connectivity index is 2.37. The van der Waals surface area contributed by atoms with Gasteiger partial charge in [0, 0.05) is 35.3 Å². The van der Waals surface area contributed by atoms with Crippen LogP contribution in [0.2, 0.25) is 0 Å². The fraction of sp³-hybridized carbons (Fsp3) is 0.462. The third kappa shape index (κ3) is 2.72. The van der Waals surface area contributed by atoms with Crippen molar-refractivity contribution < 1.29 is 5.21 Å². The number of amidine groups is 1. The predicted molar refractivity (Wildman–Crippen MR) is 77.8 cm³/mol. The summed E-state index contributed by atoms with van der Waals surface area (Å²) in [6, 6.07) is 6.10. The van der Waals surface area contributed by atoms with E-state index in [2.05, 4.69) is 29.1 Å². The van der Waals surface area contributed by atoms with Gasteiger partial charge in [-0.25, -0.2) is 0 Å². The van der Waals surface area contributed by atoms with Crippen molar-refractivity contribution in [3.8, 4) is 0 Å². The molecule has 0 bridgehead atoms. The number of rotatable bonds is 2. The van der Waals surface area contributed by atoms with E-state index in [9.17, 15) is 0 Å². The summed E-state index contributed by atoms with van der Waals surface area (Å²) in [5.41, 5.74) is 8.76. The zero-order chi connectivity index (χ0) is 13.1. The summed E-state index contributed by atoms with van der Waals surface area (Å²) in [7, 11) is 0. The van der Waals surface area contributed by atoms with Crippen LogP contribution in [-0.2, 0) is 0 Å². The lowest BCUT2D eigenvalue weighted by Crippen LogP contribution is -2.38. The molecule has 1 aromatic carbocycles. The van der Waals surface area contributed by atoms with Crippen LogP contribution >= 0.6 is 11.8 Å². The third-order valence-electron chi connectivity index (χ3n) is 3.12. The monoisotopic (exact) mass is 265 g/mol. The molecule has 1 aliphatic rings. The van der Waals surface area contributed by atoms with E-state index >= 15 is 0 Å². The summed E-state index contributed by atoms with van der Waals surface area (Å²) in [4.78, 5) is 2.31. The molecule has 0 aliphatic carbocycles. The van der Waals surface area contributed by atoms with Gasteiger partial charge in [0.2, 0.25) is 0 Å². The number of hydrogen-bond donors (Lipinski definition) is 2. The number of nitrogens with two attached hydrogens (primary N) is 1. The predicted octanol–water partition coefficient (Wildman–Crippen LogP) is 2.03. The first-order chi connectivity index (χ1) is 8.61. The Morgan fingerprint density at radius 2 is 2.33 bits per heavy atom. The van der Waals surface area contributed by atoms with Crippen molar-refractivity contribution >= 4 is 23.3 Å². The Morgan fingerprint density at radius 1 is 1.56 bits per heavy atom. The van der Waals surface area contributed by atoms with Crippen LogP contribution in [-0.4, -0.2) is 35.1 Å². The molecule has 1 saturated heterocycles. The Labute approximate surface area is 112 Å².